The monoisotopic (exact) mass is 466 g/mol. The summed E-state index contributed by atoms with van der Waals surface area (Å²) < 4.78 is 41.0. The molecule has 9 heteroatoms. The number of nitrogens with two attached hydrogens (primary N) is 1. The van der Waals surface area contributed by atoms with Crippen molar-refractivity contribution in [3.8, 4) is 5.75 Å². The second kappa shape index (κ2) is 6.19. The molecule has 0 aromatic heterocycles. The molecule has 0 bridgehead atoms. The molecular formula is C9H6ClF3N2OSW. The zero-order valence-corrected chi connectivity index (χ0v) is 13.1. The van der Waals surface area contributed by atoms with E-state index in [2.05, 4.69) is 4.74 Å². The van der Waals surface area contributed by atoms with Crippen molar-refractivity contribution >= 4 is 30.1 Å². The molecule has 0 unspecified atom stereocenters. The van der Waals surface area contributed by atoms with Crippen LogP contribution in [0.4, 0.5) is 13.2 Å². The number of alkyl halides is 3. The Morgan fingerprint density at radius 3 is 2.22 bits per heavy atom. The van der Waals surface area contributed by atoms with Gasteiger partial charge in [0.2, 0.25) is 0 Å². The summed E-state index contributed by atoms with van der Waals surface area (Å²) in [5.41, 5.74) is 1.41. The van der Waals surface area contributed by atoms with Crippen molar-refractivity contribution < 1.29 is 39.0 Å². The summed E-state index contributed by atoms with van der Waals surface area (Å²) in [6, 6.07) is 4.00. The third-order valence-corrected chi connectivity index (χ3v) is 2.46. The first-order valence-electron chi connectivity index (χ1n) is 4.11. The smallest absolute Gasteiger partial charge is 0.693 e. The quantitative estimate of drug-likeness (QED) is 0.619. The summed E-state index contributed by atoms with van der Waals surface area (Å²) in [5, 5.41) is -0.106. The maximum Gasteiger partial charge on any atom is 2.00 e. The number of hydrogen-bond donors (Lipinski definition) is 0. The van der Waals surface area contributed by atoms with Crippen LogP contribution in [0.1, 0.15) is 5.56 Å². The molecule has 1 aliphatic heterocycles. The van der Waals surface area contributed by atoms with Crippen molar-refractivity contribution in [3.63, 3.8) is 0 Å². The fourth-order valence-corrected chi connectivity index (χ4v) is 1.58. The Morgan fingerprint density at radius 1 is 1.28 bits per heavy atom. The molecular weight excluding hydrogens is 460 g/mol. The van der Waals surface area contributed by atoms with Crippen LogP contribution in [0.5, 0.6) is 5.75 Å². The first-order chi connectivity index (χ1) is 7.37. The van der Waals surface area contributed by atoms with Gasteiger partial charge in [0.25, 0.3) is 0 Å². The van der Waals surface area contributed by atoms with E-state index in [0.29, 0.717) is 5.56 Å². The average Bonchev–Trinajstić information content (AvgIpc) is 2.84. The molecule has 0 spiro atoms. The van der Waals surface area contributed by atoms with Crippen LogP contribution in [-0.4, -0.2) is 10.7 Å². The van der Waals surface area contributed by atoms with Gasteiger partial charge in [-0.15, -0.1) is 13.2 Å². The Kier molecular flexibility index (Phi) is 6.07. The third-order valence-electron chi connectivity index (χ3n) is 1.86. The molecule has 1 aromatic rings. The molecule has 0 saturated heterocycles. The summed E-state index contributed by atoms with van der Waals surface area (Å²) >= 11 is 10.4. The van der Waals surface area contributed by atoms with Gasteiger partial charge in [-0.2, -0.15) is 0 Å². The van der Waals surface area contributed by atoms with Crippen LogP contribution in [0.25, 0.3) is 11.8 Å². The van der Waals surface area contributed by atoms with E-state index in [4.69, 9.17) is 24.4 Å². The molecule has 0 atom stereocenters. The first-order valence-corrected chi connectivity index (χ1v) is 4.85. The number of benzene rings is 1. The molecule has 0 radical (unpaired) electrons. The van der Waals surface area contributed by atoms with Crippen LogP contribution in [0.2, 0.25) is 5.02 Å². The molecule has 1 aromatic carbocycles. The van der Waals surface area contributed by atoms with Crippen LogP contribution in [0, 0.1) is 0 Å². The maximum atomic E-state index is 11.9. The Bertz CT molecular complexity index is 470. The van der Waals surface area contributed by atoms with Crippen LogP contribution >= 0.6 is 11.6 Å². The first kappa shape index (κ1) is 17.6. The van der Waals surface area contributed by atoms with E-state index in [1.807, 2.05) is 0 Å². The third kappa shape index (κ3) is 4.39. The van der Waals surface area contributed by atoms with Crippen LogP contribution in [0.15, 0.2) is 24.4 Å². The minimum absolute atomic E-state index is 0. The minimum Gasteiger partial charge on any atom is -0.693 e. The summed E-state index contributed by atoms with van der Waals surface area (Å²) in [5.74, 6) is -0.421. The predicted octanol–water partition coefficient (Wildman–Crippen LogP) is 4.03. The topological polar surface area (TPSA) is 45.7 Å². The van der Waals surface area contributed by atoms with E-state index < -0.39 is 12.1 Å². The van der Waals surface area contributed by atoms with Crippen LogP contribution in [0.3, 0.4) is 0 Å². The molecule has 0 saturated carbocycles. The molecule has 98 valence electrons. The summed E-state index contributed by atoms with van der Waals surface area (Å²) in [4.78, 5) is 0. The van der Waals surface area contributed by atoms with E-state index in [1.165, 1.54) is 16.4 Å². The zero-order chi connectivity index (χ0) is 11.9. The van der Waals surface area contributed by atoms with Crippen molar-refractivity contribution in [1.82, 2.24) is 4.31 Å². The van der Waals surface area contributed by atoms with E-state index in [0.717, 1.165) is 11.8 Å². The van der Waals surface area contributed by atoms with Crippen molar-refractivity contribution in [2.45, 2.75) is 6.36 Å². The Hall–Kier alpha value is -0.362. The number of nitrogens with zero attached hydrogens (tertiary/aromatic N) is 1. The summed E-state index contributed by atoms with van der Waals surface area (Å²) in [7, 11) is 0. The Balaban J connectivity index is 0.00000144. The molecule has 1 heterocycles. The van der Waals surface area contributed by atoms with E-state index in [9.17, 15) is 13.2 Å². The van der Waals surface area contributed by atoms with Gasteiger partial charge >= 0.3 is 27.4 Å². The Labute approximate surface area is 126 Å². The number of hydrogen-bond acceptors (Lipinski definition) is 3. The Morgan fingerprint density at radius 2 is 1.83 bits per heavy atom. The number of ether oxygens (including phenoxy) is 1. The van der Waals surface area contributed by atoms with Crippen molar-refractivity contribution in [1.29, 1.82) is 0 Å². The largest absolute Gasteiger partial charge is 2.00 e. The van der Waals surface area contributed by atoms with E-state index in [1.54, 1.807) is 6.20 Å². The van der Waals surface area contributed by atoms with Gasteiger partial charge in [-0.05, 0) is 23.8 Å². The number of halogens is 4. The standard InChI is InChI=1S/C9H4ClF3NOS.H2N.W/c10-6-3-5(7-4-14(7)16)1-2-8(6)15-9(11,12)13;;/h1-4H;1H2;/q2*-1;+2. The second-order valence-electron chi connectivity index (χ2n) is 3.03. The molecule has 0 aliphatic carbocycles. The maximum absolute atomic E-state index is 11.9. The molecule has 0 amide bonds. The molecule has 2 rings (SSSR count). The fourth-order valence-electron chi connectivity index (χ4n) is 1.15. The van der Waals surface area contributed by atoms with Gasteiger partial charge < -0.3 is 28.0 Å². The minimum atomic E-state index is -4.74. The molecule has 18 heavy (non-hydrogen) atoms. The van der Waals surface area contributed by atoms with Gasteiger partial charge in [0.05, 0.1) is 5.02 Å². The van der Waals surface area contributed by atoms with Crippen LogP contribution < -0.4 is 4.74 Å². The average molecular weight is 467 g/mol. The summed E-state index contributed by atoms with van der Waals surface area (Å²) in [6.07, 6.45) is -3.08. The van der Waals surface area contributed by atoms with Gasteiger partial charge in [-0.1, -0.05) is 11.6 Å². The molecule has 2 N–H and O–H groups in total. The van der Waals surface area contributed by atoms with Crippen molar-refractivity contribution in [2.75, 3.05) is 0 Å². The molecule has 0 fully saturated rings. The van der Waals surface area contributed by atoms with E-state index >= 15 is 0 Å². The van der Waals surface area contributed by atoms with Gasteiger partial charge in [-0.25, -0.2) is 0 Å². The second-order valence-corrected chi connectivity index (χ2v) is 3.83. The number of rotatable bonds is 2. The normalized spacial score (nSPS) is 13.2. The van der Waals surface area contributed by atoms with Gasteiger partial charge in [-0.3, -0.25) is 0 Å². The fraction of sp³-hybridized carbons (Fsp3) is 0.111. The molecule has 1 aliphatic rings. The predicted molar refractivity (Wildman–Crippen MR) is 60.6 cm³/mol. The SMILES string of the molecule is FC(F)(F)Oc1ccc(C2=CN2[S-])cc1Cl.[NH2-].[W+2]. The molecule has 3 nitrogen and oxygen atoms in total. The van der Waals surface area contributed by atoms with Crippen molar-refractivity contribution in [3.05, 3.63) is 41.1 Å². The summed E-state index contributed by atoms with van der Waals surface area (Å²) in [6.45, 7) is 0. The van der Waals surface area contributed by atoms with Crippen molar-refractivity contribution in [2.24, 2.45) is 0 Å². The zero-order valence-electron chi connectivity index (χ0n) is 8.57. The van der Waals surface area contributed by atoms with Gasteiger partial charge in [0.15, 0.2) is 0 Å². The van der Waals surface area contributed by atoms with Gasteiger partial charge in [0.1, 0.15) is 5.75 Å². The van der Waals surface area contributed by atoms with E-state index in [-0.39, 0.29) is 32.2 Å². The van der Waals surface area contributed by atoms with Crippen LogP contribution in [-0.2, 0) is 33.9 Å². The van der Waals surface area contributed by atoms with Gasteiger partial charge in [0, 0.05) is 11.9 Å².